The summed E-state index contributed by atoms with van der Waals surface area (Å²) < 4.78 is 5.45. The van der Waals surface area contributed by atoms with E-state index in [9.17, 15) is 0 Å². The second kappa shape index (κ2) is 6.94. The number of thiophene rings is 1. The number of rotatable bonds is 4. The summed E-state index contributed by atoms with van der Waals surface area (Å²) in [7, 11) is 0. The SMILES string of the molecule is CCOc1ccc(Nc2ncnc3sc(C)c(C)c23)cc1.[Cl-]. The van der Waals surface area contributed by atoms with Crippen molar-refractivity contribution in [2.24, 2.45) is 0 Å². The first-order chi connectivity index (χ1) is 10.2. The van der Waals surface area contributed by atoms with Crippen LogP contribution in [-0.4, -0.2) is 16.6 Å². The van der Waals surface area contributed by atoms with Crippen molar-refractivity contribution in [3.05, 3.63) is 41.0 Å². The van der Waals surface area contributed by atoms with Gasteiger partial charge in [-0.1, -0.05) is 0 Å². The van der Waals surface area contributed by atoms with Crippen molar-refractivity contribution < 1.29 is 17.1 Å². The second-order valence-electron chi connectivity index (χ2n) is 4.77. The van der Waals surface area contributed by atoms with E-state index in [0.717, 1.165) is 27.5 Å². The van der Waals surface area contributed by atoms with Crippen molar-refractivity contribution in [3.63, 3.8) is 0 Å². The first kappa shape index (κ1) is 16.5. The number of fused-ring (bicyclic) bond motifs is 1. The van der Waals surface area contributed by atoms with E-state index in [0.29, 0.717) is 6.61 Å². The minimum absolute atomic E-state index is 0. The van der Waals surface area contributed by atoms with Crippen molar-refractivity contribution in [2.75, 3.05) is 11.9 Å². The van der Waals surface area contributed by atoms with Gasteiger partial charge < -0.3 is 22.5 Å². The predicted octanol–water partition coefficient (Wildman–Crippen LogP) is 1.45. The summed E-state index contributed by atoms with van der Waals surface area (Å²) in [4.78, 5) is 11.0. The molecular weight excluding hydrogens is 318 g/mol. The summed E-state index contributed by atoms with van der Waals surface area (Å²) in [6.45, 7) is 6.88. The molecule has 0 amide bonds. The number of aryl methyl sites for hydroxylation is 2. The van der Waals surface area contributed by atoms with Crippen LogP contribution in [0.3, 0.4) is 0 Å². The molecule has 1 aromatic carbocycles. The van der Waals surface area contributed by atoms with Gasteiger partial charge in [-0.3, -0.25) is 0 Å². The average Bonchev–Trinajstić information content (AvgIpc) is 2.78. The largest absolute Gasteiger partial charge is 1.00 e. The fourth-order valence-corrected chi connectivity index (χ4v) is 3.21. The Morgan fingerprint density at radius 3 is 2.55 bits per heavy atom. The van der Waals surface area contributed by atoms with Gasteiger partial charge in [0.1, 0.15) is 22.7 Å². The zero-order valence-corrected chi connectivity index (χ0v) is 14.3. The average molecular weight is 335 g/mol. The molecule has 0 atom stereocenters. The molecule has 3 aromatic rings. The van der Waals surface area contributed by atoms with Gasteiger partial charge in [-0.25, -0.2) is 9.97 Å². The van der Waals surface area contributed by atoms with Crippen LogP contribution in [0.5, 0.6) is 5.75 Å². The maximum Gasteiger partial charge on any atom is 0.142 e. The molecule has 1 N–H and O–H groups in total. The fourth-order valence-electron chi connectivity index (χ4n) is 2.22. The summed E-state index contributed by atoms with van der Waals surface area (Å²) in [6, 6.07) is 7.90. The number of aromatic nitrogens is 2. The molecule has 0 unspecified atom stereocenters. The van der Waals surface area contributed by atoms with Gasteiger partial charge in [-0.15, -0.1) is 11.3 Å². The lowest BCUT2D eigenvalue weighted by molar-refractivity contribution is -0.00000493. The zero-order chi connectivity index (χ0) is 14.8. The normalized spacial score (nSPS) is 10.3. The Bertz CT molecular complexity index is 771. The zero-order valence-electron chi connectivity index (χ0n) is 12.7. The first-order valence-corrected chi connectivity index (χ1v) is 7.71. The van der Waals surface area contributed by atoms with Crippen LogP contribution in [0, 0.1) is 13.8 Å². The predicted molar refractivity (Wildman–Crippen MR) is 87.8 cm³/mol. The monoisotopic (exact) mass is 334 g/mol. The standard InChI is InChI=1S/C16H17N3OS.ClH/c1-4-20-13-7-5-12(6-8-13)19-15-14-10(2)11(3)21-16(14)18-9-17-15;/h5-9H,4H2,1-3H3,(H,17,18,19);1H/p-1. The molecule has 4 nitrogen and oxygen atoms in total. The Morgan fingerprint density at radius 1 is 1.14 bits per heavy atom. The molecule has 6 heteroatoms. The van der Waals surface area contributed by atoms with Crippen LogP contribution in [0.4, 0.5) is 11.5 Å². The number of benzene rings is 1. The van der Waals surface area contributed by atoms with Gasteiger partial charge in [0.05, 0.1) is 12.0 Å². The molecule has 116 valence electrons. The summed E-state index contributed by atoms with van der Waals surface area (Å²) in [6.07, 6.45) is 1.61. The van der Waals surface area contributed by atoms with E-state index in [4.69, 9.17) is 4.74 Å². The van der Waals surface area contributed by atoms with Crippen molar-refractivity contribution in [3.8, 4) is 5.75 Å². The molecular formula is C16H17ClN3OS-. The van der Waals surface area contributed by atoms with Gasteiger partial charge in [0, 0.05) is 10.6 Å². The number of anilines is 2. The molecule has 0 spiro atoms. The van der Waals surface area contributed by atoms with E-state index in [1.807, 2.05) is 31.2 Å². The lowest BCUT2D eigenvalue weighted by atomic mass is 10.2. The minimum Gasteiger partial charge on any atom is -1.00 e. The van der Waals surface area contributed by atoms with Gasteiger partial charge in [0.2, 0.25) is 0 Å². The van der Waals surface area contributed by atoms with Crippen LogP contribution in [0.2, 0.25) is 0 Å². The van der Waals surface area contributed by atoms with Gasteiger partial charge in [0.15, 0.2) is 0 Å². The van der Waals surface area contributed by atoms with Gasteiger partial charge >= 0.3 is 0 Å². The summed E-state index contributed by atoms with van der Waals surface area (Å²) in [5, 5.41) is 4.48. The smallest absolute Gasteiger partial charge is 0.142 e. The number of halogens is 1. The fraction of sp³-hybridized carbons (Fsp3) is 0.250. The third-order valence-corrected chi connectivity index (χ3v) is 4.51. The van der Waals surface area contributed by atoms with Crippen molar-refractivity contribution in [1.82, 2.24) is 9.97 Å². The maximum absolute atomic E-state index is 5.45. The molecule has 2 aromatic heterocycles. The van der Waals surface area contributed by atoms with E-state index in [2.05, 4.69) is 29.1 Å². The van der Waals surface area contributed by atoms with Crippen LogP contribution in [-0.2, 0) is 0 Å². The second-order valence-corrected chi connectivity index (χ2v) is 5.97. The van der Waals surface area contributed by atoms with Crippen molar-refractivity contribution in [1.29, 1.82) is 0 Å². The van der Waals surface area contributed by atoms with Crippen LogP contribution in [0.25, 0.3) is 10.2 Å². The molecule has 0 fully saturated rings. The summed E-state index contributed by atoms with van der Waals surface area (Å²) in [5.74, 6) is 1.73. The van der Waals surface area contributed by atoms with Crippen LogP contribution in [0.15, 0.2) is 30.6 Å². The van der Waals surface area contributed by atoms with Gasteiger partial charge in [-0.05, 0) is 50.6 Å². The molecule has 0 bridgehead atoms. The van der Waals surface area contributed by atoms with E-state index >= 15 is 0 Å². The van der Waals surface area contributed by atoms with Crippen LogP contribution >= 0.6 is 11.3 Å². The molecule has 0 saturated heterocycles. The minimum atomic E-state index is 0. The molecule has 0 saturated carbocycles. The Balaban J connectivity index is 0.00000176. The quantitative estimate of drug-likeness (QED) is 0.784. The Hall–Kier alpha value is -1.85. The van der Waals surface area contributed by atoms with Crippen molar-refractivity contribution in [2.45, 2.75) is 20.8 Å². The summed E-state index contributed by atoms with van der Waals surface area (Å²) >= 11 is 1.70. The van der Waals surface area contributed by atoms with Crippen LogP contribution in [0.1, 0.15) is 17.4 Å². The molecule has 0 aliphatic heterocycles. The highest BCUT2D eigenvalue weighted by Crippen LogP contribution is 2.33. The number of nitrogens with one attached hydrogen (secondary N) is 1. The van der Waals surface area contributed by atoms with Crippen molar-refractivity contribution >= 4 is 33.1 Å². The highest BCUT2D eigenvalue weighted by molar-refractivity contribution is 7.18. The Kier molecular flexibility index (Phi) is 5.21. The highest BCUT2D eigenvalue weighted by atomic mass is 35.5. The van der Waals surface area contributed by atoms with E-state index in [1.165, 1.54) is 10.4 Å². The number of hydrogen-bond acceptors (Lipinski definition) is 5. The van der Waals surface area contributed by atoms with Gasteiger partial charge in [-0.2, -0.15) is 0 Å². The topological polar surface area (TPSA) is 47.0 Å². The summed E-state index contributed by atoms with van der Waals surface area (Å²) in [5.41, 5.74) is 2.23. The highest BCUT2D eigenvalue weighted by Gasteiger charge is 2.11. The third kappa shape index (κ3) is 3.15. The first-order valence-electron chi connectivity index (χ1n) is 6.89. The number of hydrogen-bond donors (Lipinski definition) is 1. The molecule has 2 heterocycles. The van der Waals surface area contributed by atoms with E-state index in [1.54, 1.807) is 17.7 Å². The molecule has 22 heavy (non-hydrogen) atoms. The maximum atomic E-state index is 5.45. The Morgan fingerprint density at radius 2 is 1.86 bits per heavy atom. The molecule has 3 rings (SSSR count). The Labute approximate surface area is 140 Å². The number of ether oxygens (including phenoxy) is 1. The lowest BCUT2D eigenvalue weighted by Gasteiger charge is -2.08. The van der Waals surface area contributed by atoms with Crippen LogP contribution < -0.4 is 22.5 Å². The van der Waals surface area contributed by atoms with E-state index < -0.39 is 0 Å². The van der Waals surface area contributed by atoms with E-state index in [-0.39, 0.29) is 12.4 Å². The number of nitrogens with zero attached hydrogens (tertiary/aromatic N) is 2. The van der Waals surface area contributed by atoms with Gasteiger partial charge in [0.25, 0.3) is 0 Å². The molecule has 0 aliphatic carbocycles. The lowest BCUT2D eigenvalue weighted by Crippen LogP contribution is -3.00. The molecule has 0 aliphatic rings. The molecule has 0 radical (unpaired) electrons. The third-order valence-electron chi connectivity index (χ3n) is 3.39.